The van der Waals surface area contributed by atoms with Crippen molar-refractivity contribution in [2.24, 2.45) is 0 Å². The monoisotopic (exact) mass is 757 g/mol. The highest BCUT2D eigenvalue weighted by Gasteiger charge is 2.37. The third-order valence-electron chi connectivity index (χ3n) is 13.6. The summed E-state index contributed by atoms with van der Waals surface area (Å²) in [5.41, 5.74) is 20.9. The number of nitrogens with zero attached hydrogens (tertiary/aromatic N) is 1. The van der Waals surface area contributed by atoms with Gasteiger partial charge in [0.15, 0.2) is 0 Å². The van der Waals surface area contributed by atoms with Gasteiger partial charge in [-0.05, 0) is 122 Å². The van der Waals surface area contributed by atoms with Crippen LogP contribution in [0.15, 0.2) is 194 Å². The first-order chi connectivity index (χ1) is 28.8. The predicted octanol–water partition coefficient (Wildman–Crippen LogP) is 15.4. The molecule has 1 heteroatoms. The van der Waals surface area contributed by atoms with Gasteiger partial charge in [0.2, 0.25) is 0 Å². The van der Waals surface area contributed by atoms with E-state index in [1.54, 1.807) is 0 Å². The van der Waals surface area contributed by atoms with Crippen molar-refractivity contribution < 1.29 is 0 Å². The normalized spacial score (nSPS) is 18.0. The summed E-state index contributed by atoms with van der Waals surface area (Å²) in [5.74, 6) is 0.907. The first-order valence-corrected chi connectivity index (χ1v) is 21.2. The van der Waals surface area contributed by atoms with E-state index in [-0.39, 0.29) is 11.3 Å². The number of allylic oxidation sites excluding steroid dienone is 8. The van der Waals surface area contributed by atoms with Crippen molar-refractivity contribution in [1.82, 2.24) is 4.57 Å². The second-order valence-electron chi connectivity index (χ2n) is 17.3. The molecule has 8 aromatic rings. The number of hydrogen-bond donors (Lipinski definition) is 0. The van der Waals surface area contributed by atoms with E-state index in [9.17, 15) is 0 Å². The average Bonchev–Trinajstić information content (AvgIpc) is 3.72. The minimum Gasteiger partial charge on any atom is -0.309 e. The summed E-state index contributed by atoms with van der Waals surface area (Å²) in [6.07, 6.45) is 14.0. The van der Waals surface area contributed by atoms with Gasteiger partial charge in [0.05, 0.1) is 11.0 Å². The third kappa shape index (κ3) is 5.67. The Kier molecular flexibility index (Phi) is 8.24. The van der Waals surface area contributed by atoms with Crippen molar-refractivity contribution in [3.05, 3.63) is 233 Å². The van der Waals surface area contributed by atoms with Gasteiger partial charge in [-0.3, -0.25) is 0 Å². The summed E-state index contributed by atoms with van der Waals surface area (Å²) in [6.45, 7) is 9.30. The molecule has 3 aliphatic carbocycles. The molecule has 0 amide bonds. The molecule has 3 unspecified atom stereocenters. The van der Waals surface area contributed by atoms with Crippen LogP contribution in [0.3, 0.4) is 0 Å². The third-order valence-corrected chi connectivity index (χ3v) is 13.6. The summed E-state index contributed by atoms with van der Waals surface area (Å²) in [5, 5.41) is 2.61. The molecule has 3 aliphatic rings. The van der Waals surface area contributed by atoms with E-state index in [1.165, 1.54) is 99.8 Å². The van der Waals surface area contributed by atoms with E-state index < -0.39 is 0 Å². The second-order valence-corrected chi connectivity index (χ2v) is 17.3. The maximum atomic E-state index is 2.54. The summed E-state index contributed by atoms with van der Waals surface area (Å²) < 4.78 is 2.54. The van der Waals surface area contributed by atoms with Crippen molar-refractivity contribution in [3.63, 3.8) is 0 Å². The van der Waals surface area contributed by atoms with Gasteiger partial charge in [0, 0.05) is 33.7 Å². The molecule has 0 spiro atoms. The molecule has 59 heavy (non-hydrogen) atoms. The second kappa shape index (κ2) is 13.7. The zero-order valence-electron chi connectivity index (χ0n) is 34.2. The number of rotatable bonds is 6. The van der Waals surface area contributed by atoms with E-state index in [0.29, 0.717) is 11.8 Å². The molecule has 0 fully saturated rings. The minimum absolute atomic E-state index is 0.0974. The van der Waals surface area contributed by atoms with Crippen molar-refractivity contribution in [2.75, 3.05) is 0 Å². The summed E-state index contributed by atoms with van der Waals surface area (Å²) >= 11 is 0. The fraction of sp³-hybridized carbons (Fsp3) is 0.138. The first-order valence-electron chi connectivity index (χ1n) is 21.2. The van der Waals surface area contributed by atoms with Gasteiger partial charge >= 0.3 is 0 Å². The van der Waals surface area contributed by atoms with Crippen molar-refractivity contribution in [2.45, 2.75) is 50.9 Å². The smallest absolute Gasteiger partial charge is 0.0544 e. The molecular formula is C58H47N. The van der Waals surface area contributed by atoms with Gasteiger partial charge in [-0.25, -0.2) is 0 Å². The average molecular weight is 758 g/mol. The molecule has 0 N–H and O–H groups in total. The number of fused-ring (bicyclic) bond motifs is 12. The molecular weight excluding hydrogens is 711 g/mol. The molecule has 0 aliphatic heterocycles. The molecule has 0 saturated heterocycles. The standard InChI is InChI=1S/C58H47N/c1-37(39-17-7-5-8-18-39)31-42(41-19-9-6-10-20-41)32-38(2)40-27-29-43(30-28-40)59-56-35-50-47-24-14-12-22-45(47)44-21-11-13-23-46(44)49(50)33-52(56)53-34-51-48-25-15-16-26-54(48)58(3,4)55(51)36-57(53)59/h5-37,45,47H,1-4H3/b38-32+,42-31+. The van der Waals surface area contributed by atoms with E-state index in [4.69, 9.17) is 0 Å². The van der Waals surface area contributed by atoms with Gasteiger partial charge in [-0.15, -0.1) is 0 Å². The minimum atomic E-state index is -0.0974. The van der Waals surface area contributed by atoms with Crippen LogP contribution in [0.1, 0.15) is 84.4 Å². The van der Waals surface area contributed by atoms with Crippen LogP contribution >= 0.6 is 0 Å². The zero-order valence-corrected chi connectivity index (χ0v) is 34.2. The highest BCUT2D eigenvalue weighted by Crippen LogP contribution is 2.54. The Morgan fingerprint density at radius 2 is 1.17 bits per heavy atom. The van der Waals surface area contributed by atoms with Crippen LogP contribution in [-0.4, -0.2) is 4.57 Å². The Hall–Kier alpha value is -6.70. The maximum Gasteiger partial charge on any atom is 0.0544 e. The van der Waals surface area contributed by atoms with E-state index in [0.717, 1.165) is 0 Å². The van der Waals surface area contributed by atoms with Crippen LogP contribution in [0.5, 0.6) is 0 Å². The van der Waals surface area contributed by atoms with Crippen LogP contribution in [0.25, 0.3) is 60.9 Å². The van der Waals surface area contributed by atoms with Crippen LogP contribution in [0.4, 0.5) is 0 Å². The van der Waals surface area contributed by atoms with Crippen LogP contribution < -0.4 is 0 Å². The SMILES string of the molecule is C/C(=C\C(=C/C(C)c1ccccc1)c1ccccc1)c1ccc(-n2c3cc4c(cc3c3cc5c(cc32)C(C)(C)c2ccccc2-5)-c2ccccc2C2C=CC=CC42)cc1. The lowest BCUT2D eigenvalue weighted by atomic mass is 9.70. The molecule has 1 nitrogen and oxygen atoms in total. The fourth-order valence-electron chi connectivity index (χ4n) is 10.5. The number of aromatic nitrogens is 1. The quantitative estimate of drug-likeness (QED) is 0.149. The molecule has 284 valence electrons. The molecule has 3 atom stereocenters. The highest BCUT2D eigenvalue weighted by molar-refractivity contribution is 6.13. The fourth-order valence-corrected chi connectivity index (χ4v) is 10.5. The summed E-state index contributed by atoms with van der Waals surface area (Å²) in [6, 6.07) is 59.0. The van der Waals surface area contributed by atoms with Gasteiger partial charge in [-0.2, -0.15) is 0 Å². The Morgan fingerprint density at radius 1 is 0.559 bits per heavy atom. The Balaban J connectivity index is 1.09. The van der Waals surface area contributed by atoms with E-state index in [1.807, 2.05) is 0 Å². The van der Waals surface area contributed by atoms with Gasteiger partial charge in [-0.1, -0.05) is 179 Å². The first kappa shape index (κ1) is 35.5. The summed E-state index contributed by atoms with van der Waals surface area (Å²) in [4.78, 5) is 0. The van der Waals surface area contributed by atoms with Gasteiger partial charge in [0.1, 0.15) is 0 Å². The zero-order chi connectivity index (χ0) is 39.8. The topological polar surface area (TPSA) is 4.93 Å². The lowest BCUT2D eigenvalue weighted by Crippen LogP contribution is -2.16. The lowest BCUT2D eigenvalue weighted by Gasteiger charge is -2.34. The Morgan fingerprint density at radius 3 is 1.92 bits per heavy atom. The van der Waals surface area contributed by atoms with E-state index >= 15 is 0 Å². The van der Waals surface area contributed by atoms with E-state index in [2.05, 4.69) is 226 Å². The van der Waals surface area contributed by atoms with Crippen LogP contribution in [0, 0.1) is 0 Å². The van der Waals surface area contributed by atoms with Crippen molar-refractivity contribution >= 4 is 33.0 Å². The van der Waals surface area contributed by atoms with Gasteiger partial charge < -0.3 is 4.57 Å². The molecule has 1 aromatic heterocycles. The Labute approximate surface area is 348 Å². The van der Waals surface area contributed by atoms with Gasteiger partial charge in [0.25, 0.3) is 0 Å². The molecule has 0 radical (unpaired) electrons. The molecule has 0 bridgehead atoms. The molecule has 7 aromatic carbocycles. The van der Waals surface area contributed by atoms with Crippen LogP contribution in [0.2, 0.25) is 0 Å². The van der Waals surface area contributed by atoms with Crippen molar-refractivity contribution in [1.29, 1.82) is 0 Å². The molecule has 11 rings (SSSR count). The predicted molar refractivity (Wildman–Crippen MR) is 250 cm³/mol. The highest BCUT2D eigenvalue weighted by atomic mass is 15.0. The lowest BCUT2D eigenvalue weighted by molar-refractivity contribution is 0.661. The molecule has 1 heterocycles. The number of benzene rings is 7. The van der Waals surface area contributed by atoms with Crippen molar-refractivity contribution in [3.8, 4) is 27.9 Å². The maximum absolute atomic E-state index is 2.54. The Bertz CT molecular complexity index is 3070. The summed E-state index contributed by atoms with van der Waals surface area (Å²) in [7, 11) is 0. The largest absolute Gasteiger partial charge is 0.309 e. The molecule has 0 saturated carbocycles. The number of hydrogen-bond acceptors (Lipinski definition) is 0. The van der Waals surface area contributed by atoms with Crippen LogP contribution in [-0.2, 0) is 5.41 Å².